The molecule has 0 aliphatic carbocycles. The molecule has 1 aromatic heterocycles. The van der Waals surface area contributed by atoms with Crippen LogP contribution in [0.4, 0.5) is 23.5 Å². The van der Waals surface area contributed by atoms with Gasteiger partial charge in [0.25, 0.3) is 10.1 Å². The molecular weight excluding hydrogens is 474 g/mol. The molecule has 5 N–H and O–H groups in total. The second kappa shape index (κ2) is 12.0. The first-order valence-electron chi connectivity index (χ1n) is 10.1. The minimum absolute atomic E-state index is 0.0374. The number of sulfonamides is 1. The van der Waals surface area contributed by atoms with Crippen LogP contribution in [-0.2, 0) is 20.1 Å². The average molecular weight is 504 g/mol. The highest BCUT2D eigenvalue weighted by Crippen LogP contribution is 2.18. The molecule has 2 aromatic rings. The maximum atomic E-state index is 11.7. The van der Waals surface area contributed by atoms with E-state index in [2.05, 4.69) is 30.3 Å². The zero-order valence-electron chi connectivity index (χ0n) is 18.4. The van der Waals surface area contributed by atoms with E-state index in [1.165, 1.54) is 6.92 Å². The standard InChI is InChI=1S/C18H29N7O6S2/c1-3-32(27,28)20-8-10-25(11-12-26)18-23-16(19-9-13-33(29,30)31)22-17(24-18)21-15-6-4-14(2)5-7-15/h4-7,20,26H,3,8-13H2,1-2H3,(H,29,30,31)(H2,19,21,22,23,24). The van der Waals surface area contributed by atoms with Gasteiger partial charge in [-0.05, 0) is 26.0 Å². The second-order valence-corrected chi connectivity index (χ2v) is 10.7. The van der Waals surface area contributed by atoms with Gasteiger partial charge in [-0.3, -0.25) is 4.55 Å². The number of aliphatic hydroxyl groups is 1. The van der Waals surface area contributed by atoms with E-state index in [1.54, 1.807) is 4.90 Å². The first-order chi connectivity index (χ1) is 15.5. The SMILES string of the molecule is CCS(=O)(=O)NCCN(CCO)c1nc(NCCS(=O)(=O)O)nc(Nc2ccc(C)cc2)n1. The molecule has 33 heavy (non-hydrogen) atoms. The fraction of sp³-hybridized carbons (Fsp3) is 0.500. The van der Waals surface area contributed by atoms with E-state index >= 15 is 0 Å². The smallest absolute Gasteiger partial charge is 0.266 e. The number of benzene rings is 1. The zero-order chi connectivity index (χ0) is 24.5. The molecule has 1 aromatic carbocycles. The van der Waals surface area contributed by atoms with Crippen molar-refractivity contribution in [1.29, 1.82) is 0 Å². The van der Waals surface area contributed by atoms with Gasteiger partial charge in [0, 0.05) is 31.9 Å². The van der Waals surface area contributed by atoms with Crippen molar-refractivity contribution in [3.63, 3.8) is 0 Å². The van der Waals surface area contributed by atoms with Gasteiger partial charge in [0.1, 0.15) is 0 Å². The van der Waals surface area contributed by atoms with Crippen molar-refractivity contribution in [1.82, 2.24) is 19.7 Å². The Labute approximate surface area is 193 Å². The van der Waals surface area contributed by atoms with Gasteiger partial charge in [-0.2, -0.15) is 23.4 Å². The van der Waals surface area contributed by atoms with E-state index in [-0.39, 0.29) is 56.4 Å². The molecule has 0 saturated heterocycles. The number of hydrogen-bond donors (Lipinski definition) is 5. The molecule has 0 unspecified atom stereocenters. The molecule has 0 saturated carbocycles. The van der Waals surface area contributed by atoms with Gasteiger partial charge in [-0.25, -0.2) is 13.1 Å². The Hall–Kier alpha value is -2.59. The van der Waals surface area contributed by atoms with Crippen LogP contribution < -0.4 is 20.3 Å². The first kappa shape index (κ1) is 26.7. The summed E-state index contributed by atoms with van der Waals surface area (Å²) in [6.07, 6.45) is 0. The van der Waals surface area contributed by atoms with E-state index in [9.17, 15) is 21.9 Å². The van der Waals surface area contributed by atoms with Gasteiger partial charge >= 0.3 is 0 Å². The van der Waals surface area contributed by atoms with Crippen LogP contribution in [-0.4, -0.2) is 85.7 Å². The number of aromatic nitrogens is 3. The number of nitrogens with one attached hydrogen (secondary N) is 3. The molecule has 0 aliphatic rings. The number of hydrogen-bond acceptors (Lipinski definition) is 11. The van der Waals surface area contributed by atoms with Crippen molar-refractivity contribution < 1.29 is 26.5 Å². The lowest BCUT2D eigenvalue weighted by Gasteiger charge is -2.22. The molecule has 1 heterocycles. The molecule has 2 rings (SSSR count). The van der Waals surface area contributed by atoms with Gasteiger partial charge in [-0.1, -0.05) is 17.7 Å². The van der Waals surface area contributed by atoms with E-state index in [0.717, 1.165) is 5.56 Å². The third-order valence-corrected chi connectivity index (χ3v) is 6.44. The fourth-order valence-corrected chi connectivity index (χ4v) is 3.54. The molecule has 0 fully saturated rings. The van der Waals surface area contributed by atoms with Crippen LogP contribution in [0.2, 0.25) is 0 Å². The molecule has 0 spiro atoms. The Bertz CT molecular complexity index is 1110. The van der Waals surface area contributed by atoms with Crippen LogP contribution in [0.15, 0.2) is 24.3 Å². The van der Waals surface area contributed by atoms with Crippen molar-refractivity contribution in [3.8, 4) is 0 Å². The Morgan fingerprint density at radius 1 is 0.970 bits per heavy atom. The predicted molar refractivity (Wildman–Crippen MR) is 126 cm³/mol. The minimum Gasteiger partial charge on any atom is -0.395 e. The monoisotopic (exact) mass is 503 g/mol. The number of aliphatic hydroxyl groups excluding tert-OH is 1. The lowest BCUT2D eigenvalue weighted by molar-refractivity contribution is 0.301. The summed E-state index contributed by atoms with van der Waals surface area (Å²) in [5, 5.41) is 15.2. The summed E-state index contributed by atoms with van der Waals surface area (Å²) in [6, 6.07) is 7.45. The number of anilines is 4. The summed E-state index contributed by atoms with van der Waals surface area (Å²) in [4.78, 5) is 14.4. The molecule has 13 nitrogen and oxygen atoms in total. The summed E-state index contributed by atoms with van der Waals surface area (Å²) in [7, 11) is -7.58. The molecular formula is C18H29N7O6S2. The topological polar surface area (TPSA) is 187 Å². The minimum atomic E-state index is -4.18. The molecule has 0 aliphatic heterocycles. The quantitative estimate of drug-likeness (QED) is 0.217. The molecule has 0 atom stereocenters. The Morgan fingerprint density at radius 3 is 2.24 bits per heavy atom. The average Bonchev–Trinajstić information content (AvgIpc) is 2.74. The summed E-state index contributed by atoms with van der Waals surface area (Å²) in [5.74, 6) is -0.289. The van der Waals surface area contributed by atoms with Gasteiger partial charge in [0.15, 0.2) is 0 Å². The highest BCUT2D eigenvalue weighted by atomic mass is 32.2. The van der Waals surface area contributed by atoms with E-state index in [4.69, 9.17) is 4.55 Å². The fourth-order valence-electron chi connectivity index (χ4n) is 2.57. The zero-order valence-corrected chi connectivity index (χ0v) is 20.0. The van der Waals surface area contributed by atoms with Gasteiger partial charge in [-0.15, -0.1) is 0 Å². The number of aryl methyl sites for hydroxylation is 1. The summed E-state index contributed by atoms with van der Waals surface area (Å²) in [5.41, 5.74) is 1.76. The van der Waals surface area contributed by atoms with E-state index in [0.29, 0.717) is 5.69 Å². The molecule has 0 radical (unpaired) electrons. The van der Waals surface area contributed by atoms with Crippen molar-refractivity contribution in [2.45, 2.75) is 13.8 Å². The van der Waals surface area contributed by atoms with Gasteiger partial charge in [0.05, 0.1) is 18.1 Å². The first-order valence-corrected chi connectivity index (χ1v) is 13.4. The van der Waals surface area contributed by atoms with Crippen molar-refractivity contribution in [2.24, 2.45) is 0 Å². The lowest BCUT2D eigenvalue weighted by Crippen LogP contribution is -2.38. The second-order valence-electron chi connectivity index (χ2n) is 6.99. The normalized spacial score (nSPS) is 11.9. The molecule has 15 heteroatoms. The summed E-state index contributed by atoms with van der Waals surface area (Å²) in [6.45, 7) is 3.43. The van der Waals surface area contributed by atoms with Crippen molar-refractivity contribution in [3.05, 3.63) is 29.8 Å². The molecule has 184 valence electrons. The highest BCUT2D eigenvalue weighted by molar-refractivity contribution is 7.89. The van der Waals surface area contributed by atoms with Crippen LogP contribution in [0.5, 0.6) is 0 Å². The Kier molecular flexibility index (Phi) is 9.72. The largest absolute Gasteiger partial charge is 0.395 e. The van der Waals surface area contributed by atoms with Crippen LogP contribution in [0.3, 0.4) is 0 Å². The molecule has 0 bridgehead atoms. The maximum Gasteiger partial charge on any atom is 0.266 e. The Morgan fingerprint density at radius 2 is 1.64 bits per heavy atom. The van der Waals surface area contributed by atoms with Gasteiger partial charge < -0.3 is 20.6 Å². The summed E-state index contributed by atoms with van der Waals surface area (Å²) < 4.78 is 56.8. The lowest BCUT2D eigenvalue weighted by atomic mass is 10.2. The third-order valence-electron chi connectivity index (χ3n) is 4.31. The van der Waals surface area contributed by atoms with Crippen LogP contribution in [0, 0.1) is 6.92 Å². The number of rotatable bonds is 14. The van der Waals surface area contributed by atoms with Crippen LogP contribution in [0.1, 0.15) is 12.5 Å². The van der Waals surface area contributed by atoms with Crippen LogP contribution in [0.25, 0.3) is 0 Å². The van der Waals surface area contributed by atoms with Crippen molar-refractivity contribution >= 4 is 43.7 Å². The Balaban J connectivity index is 2.28. The van der Waals surface area contributed by atoms with E-state index in [1.807, 2.05) is 31.2 Å². The summed E-state index contributed by atoms with van der Waals surface area (Å²) >= 11 is 0. The van der Waals surface area contributed by atoms with E-state index < -0.39 is 25.9 Å². The third kappa shape index (κ3) is 9.83. The number of nitrogens with zero attached hydrogens (tertiary/aromatic N) is 4. The maximum absolute atomic E-state index is 11.7. The van der Waals surface area contributed by atoms with Crippen LogP contribution >= 0.6 is 0 Å². The highest BCUT2D eigenvalue weighted by Gasteiger charge is 2.16. The van der Waals surface area contributed by atoms with Gasteiger partial charge in [0.2, 0.25) is 27.9 Å². The predicted octanol–water partition coefficient (Wildman–Crippen LogP) is -0.0387. The molecule has 0 amide bonds. The van der Waals surface area contributed by atoms with Crippen molar-refractivity contribution in [2.75, 3.05) is 59.8 Å².